The van der Waals surface area contributed by atoms with Gasteiger partial charge in [-0.3, -0.25) is 4.79 Å². The van der Waals surface area contributed by atoms with Crippen molar-refractivity contribution in [3.05, 3.63) is 35.4 Å². The molecule has 0 bridgehead atoms. The van der Waals surface area contributed by atoms with E-state index in [4.69, 9.17) is 0 Å². The highest BCUT2D eigenvalue weighted by Crippen LogP contribution is 2.08. The van der Waals surface area contributed by atoms with Gasteiger partial charge in [0, 0.05) is 18.2 Å². The monoisotopic (exact) mass is 215 g/mol. The molecule has 0 fully saturated rings. The Bertz CT molecular complexity index is 355. The van der Waals surface area contributed by atoms with Crippen LogP contribution in [0.25, 0.3) is 0 Å². The summed E-state index contributed by atoms with van der Waals surface area (Å²) in [5.74, 6) is -1.69. The van der Waals surface area contributed by atoms with Crippen LogP contribution in [0.3, 0.4) is 0 Å². The summed E-state index contributed by atoms with van der Waals surface area (Å²) in [4.78, 5) is 10.7. The second-order valence-electron chi connectivity index (χ2n) is 2.92. The number of hydrogen-bond donors (Lipinski definition) is 1. The van der Waals surface area contributed by atoms with E-state index in [-0.39, 0.29) is 13.1 Å². The van der Waals surface area contributed by atoms with E-state index in [9.17, 15) is 13.6 Å². The van der Waals surface area contributed by atoms with E-state index in [1.807, 2.05) is 0 Å². The first-order chi connectivity index (χ1) is 7.13. The number of halogens is 2. The van der Waals surface area contributed by atoms with Gasteiger partial charge in [0.1, 0.15) is 11.6 Å². The normalized spacial score (nSPS) is 10.1. The molecule has 1 aromatic rings. The molecule has 1 N–H and O–H groups in total. The summed E-state index contributed by atoms with van der Waals surface area (Å²) in [7, 11) is 1.27. The van der Waals surface area contributed by atoms with Crippen LogP contribution in [0.15, 0.2) is 18.2 Å². The lowest BCUT2D eigenvalue weighted by Crippen LogP contribution is -2.23. The van der Waals surface area contributed by atoms with E-state index in [1.165, 1.54) is 13.2 Å². The first kappa shape index (κ1) is 11.6. The number of carbonyl (C=O) groups is 1. The maximum absolute atomic E-state index is 13.1. The molecule has 0 aliphatic rings. The number of carbonyl (C=O) groups excluding carboxylic acids is 1. The molecule has 0 saturated heterocycles. The minimum Gasteiger partial charge on any atom is -0.468 e. The number of benzene rings is 1. The molecule has 3 nitrogen and oxygen atoms in total. The molecule has 0 radical (unpaired) electrons. The molecule has 5 heteroatoms. The highest BCUT2D eigenvalue weighted by atomic mass is 19.1. The summed E-state index contributed by atoms with van der Waals surface area (Å²) in [5, 5.41) is 2.68. The number of rotatable bonds is 4. The largest absolute Gasteiger partial charge is 0.468 e. The molecule has 0 spiro atoms. The third-order valence-corrected chi connectivity index (χ3v) is 1.83. The van der Waals surface area contributed by atoms with E-state index in [0.29, 0.717) is 5.56 Å². The summed E-state index contributed by atoms with van der Waals surface area (Å²) < 4.78 is 30.0. The smallest absolute Gasteiger partial charge is 0.319 e. The molecule has 0 amide bonds. The van der Waals surface area contributed by atoms with Crippen molar-refractivity contribution in [3.8, 4) is 0 Å². The number of hydrogen-bond acceptors (Lipinski definition) is 3. The fourth-order valence-electron chi connectivity index (χ4n) is 1.04. The third-order valence-electron chi connectivity index (χ3n) is 1.83. The second-order valence-corrected chi connectivity index (χ2v) is 2.92. The maximum Gasteiger partial charge on any atom is 0.319 e. The second kappa shape index (κ2) is 5.41. The fraction of sp³-hybridized carbons (Fsp3) is 0.300. The SMILES string of the molecule is COC(=O)CNCc1ccc(F)cc1F. The first-order valence-electron chi connectivity index (χ1n) is 4.35. The highest BCUT2D eigenvalue weighted by molar-refractivity contribution is 5.71. The number of ether oxygens (including phenoxy) is 1. The summed E-state index contributed by atoms with van der Waals surface area (Å²) >= 11 is 0. The van der Waals surface area contributed by atoms with Crippen LogP contribution in [-0.2, 0) is 16.1 Å². The molecular formula is C10H11F2NO2. The van der Waals surface area contributed by atoms with Crippen LogP contribution in [0.4, 0.5) is 8.78 Å². The standard InChI is InChI=1S/C10H11F2NO2/c1-15-10(14)6-13-5-7-2-3-8(11)4-9(7)12/h2-4,13H,5-6H2,1H3. The summed E-state index contributed by atoms with van der Waals surface area (Å²) in [5.41, 5.74) is 0.306. The maximum atomic E-state index is 13.1. The van der Waals surface area contributed by atoms with Gasteiger partial charge in [-0.15, -0.1) is 0 Å². The minimum absolute atomic E-state index is 0.00663. The van der Waals surface area contributed by atoms with E-state index in [0.717, 1.165) is 12.1 Å². The van der Waals surface area contributed by atoms with Gasteiger partial charge in [0.25, 0.3) is 0 Å². The van der Waals surface area contributed by atoms with Crippen LogP contribution in [0.1, 0.15) is 5.56 Å². The van der Waals surface area contributed by atoms with Crippen molar-refractivity contribution >= 4 is 5.97 Å². The van der Waals surface area contributed by atoms with Crippen LogP contribution < -0.4 is 5.32 Å². The van der Waals surface area contributed by atoms with Crippen LogP contribution in [0.5, 0.6) is 0 Å². The Kier molecular flexibility index (Phi) is 4.17. The third kappa shape index (κ3) is 3.63. The fourth-order valence-corrected chi connectivity index (χ4v) is 1.04. The Morgan fingerprint density at radius 2 is 2.20 bits per heavy atom. The molecule has 0 unspecified atom stereocenters. The zero-order chi connectivity index (χ0) is 11.3. The summed E-state index contributed by atoms with van der Waals surface area (Å²) in [6.45, 7) is 0.147. The summed E-state index contributed by atoms with van der Waals surface area (Å²) in [6.07, 6.45) is 0. The predicted molar refractivity (Wildman–Crippen MR) is 50.1 cm³/mol. The van der Waals surface area contributed by atoms with Gasteiger partial charge >= 0.3 is 5.97 Å². The Labute approximate surface area is 86.0 Å². The Morgan fingerprint density at radius 3 is 2.80 bits per heavy atom. The molecule has 15 heavy (non-hydrogen) atoms. The summed E-state index contributed by atoms with van der Waals surface area (Å²) in [6, 6.07) is 3.29. The average Bonchev–Trinajstić information content (AvgIpc) is 2.21. The number of esters is 1. The lowest BCUT2D eigenvalue weighted by Gasteiger charge is -2.04. The molecule has 82 valence electrons. The molecule has 1 aromatic carbocycles. The van der Waals surface area contributed by atoms with Crippen molar-refractivity contribution in [2.24, 2.45) is 0 Å². The van der Waals surface area contributed by atoms with Crippen molar-refractivity contribution in [1.82, 2.24) is 5.32 Å². The van der Waals surface area contributed by atoms with E-state index < -0.39 is 17.6 Å². The molecule has 0 aromatic heterocycles. The van der Waals surface area contributed by atoms with Crippen molar-refractivity contribution in [1.29, 1.82) is 0 Å². The van der Waals surface area contributed by atoms with E-state index >= 15 is 0 Å². The molecule has 0 saturated carbocycles. The van der Waals surface area contributed by atoms with Gasteiger partial charge in [0.15, 0.2) is 0 Å². The highest BCUT2D eigenvalue weighted by Gasteiger charge is 2.04. The van der Waals surface area contributed by atoms with Gasteiger partial charge in [-0.25, -0.2) is 8.78 Å². The van der Waals surface area contributed by atoms with Gasteiger partial charge in [-0.1, -0.05) is 6.07 Å². The van der Waals surface area contributed by atoms with Crippen LogP contribution in [-0.4, -0.2) is 19.6 Å². The van der Waals surface area contributed by atoms with E-state index in [1.54, 1.807) is 0 Å². The zero-order valence-corrected chi connectivity index (χ0v) is 8.22. The van der Waals surface area contributed by atoms with Gasteiger partial charge in [-0.2, -0.15) is 0 Å². The lowest BCUT2D eigenvalue weighted by molar-refractivity contribution is -0.139. The molecule has 1 rings (SSSR count). The van der Waals surface area contributed by atoms with Crippen molar-refractivity contribution in [3.63, 3.8) is 0 Å². The van der Waals surface area contributed by atoms with Crippen LogP contribution in [0, 0.1) is 11.6 Å². The quantitative estimate of drug-likeness (QED) is 0.767. The molecule has 0 heterocycles. The Hall–Kier alpha value is -1.49. The number of methoxy groups -OCH3 is 1. The first-order valence-corrected chi connectivity index (χ1v) is 4.35. The van der Waals surface area contributed by atoms with Crippen LogP contribution in [0.2, 0.25) is 0 Å². The Morgan fingerprint density at radius 1 is 1.47 bits per heavy atom. The molecular weight excluding hydrogens is 204 g/mol. The van der Waals surface area contributed by atoms with Gasteiger partial charge in [-0.05, 0) is 6.07 Å². The van der Waals surface area contributed by atoms with Crippen LogP contribution >= 0.6 is 0 Å². The van der Waals surface area contributed by atoms with Crippen molar-refractivity contribution in [2.45, 2.75) is 6.54 Å². The molecule has 0 atom stereocenters. The topological polar surface area (TPSA) is 38.3 Å². The number of nitrogens with one attached hydrogen (secondary N) is 1. The Balaban J connectivity index is 2.47. The van der Waals surface area contributed by atoms with E-state index in [2.05, 4.69) is 10.1 Å². The zero-order valence-electron chi connectivity index (χ0n) is 8.22. The lowest BCUT2D eigenvalue weighted by atomic mass is 10.2. The minimum atomic E-state index is -0.632. The average molecular weight is 215 g/mol. The van der Waals surface area contributed by atoms with Gasteiger partial charge in [0.05, 0.1) is 13.7 Å². The molecule has 0 aliphatic carbocycles. The van der Waals surface area contributed by atoms with Gasteiger partial charge < -0.3 is 10.1 Å². The van der Waals surface area contributed by atoms with Crippen molar-refractivity contribution < 1.29 is 18.3 Å². The van der Waals surface area contributed by atoms with Crippen molar-refractivity contribution in [2.75, 3.05) is 13.7 Å². The van der Waals surface area contributed by atoms with Gasteiger partial charge in [0.2, 0.25) is 0 Å². The predicted octanol–water partition coefficient (Wildman–Crippen LogP) is 1.23. The molecule has 0 aliphatic heterocycles.